The first-order valence-electron chi connectivity index (χ1n) is 4.24. The van der Waals surface area contributed by atoms with Crippen LogP contribution in [0.5, 0.6) is 0 Å². The Morgan fingerprint density at radius 3 is 2.54 bits per heavy atom. The fourth-order valence-electron chi connectivity index (χ4n) is 0.648. The van der Waals surface area contributed by atoms with Crippen molar-refractivity contribution in [2.24, 2.45) is 5.92 Å². The van der Waals surface area contributed by atoms with Crippen LogP contribution >= 0.6 is 0 Å². The fraction of sp³-hybridized carbons (Fsp3) is 0.364. The van der Waals surface area contributed by atoms with Crippen molar-refractivity contribution in [2.45, 2.75) is 20.8 Å². The minimum Gasteiger partial charge on any atom is -0.393 e. The van der Waals surface area contributed by atoms with E-state index < -0.39 is 0 Å². The van der Waals surface area contributed by atoms with Gasteiger partial charge in [0.1, 0.15) is 5.76 Å². The van der Waals surface area contributed by atoms with Crippen LogP contribution in [0.25, 0.3) is 0 Å². The number of ether oxygens (including phenoxy) is 1. The van der Waals surface area contributed by atoms with Crippen molar-refractivity contribution in [3.63, 3.8) is 0 Å². The van der Waals surface area contributed by atoms with Gasteiger partial charge in [-0.05, 0) is 18.9 Å². The summed E-state index contributed by atoms with van der Waals surface area (Å²) in [5.74, 6) is 1.15. The van der Waals surface area contributed by atoms with Gasteiger partial charge in [0.15, 0.2) is 0 Å². The summed E-state index contributed by atoms with van der Waals surface area (Å²) in [6, 6.07) is 0. The smallest absolute Gasteiger partial charge is 0.291 e. The first-order valence-corrected chi connectivity index (χ1v) is 4.24. The molecule has 0 bridgehead atoms. The van der Waals surface area contributed by atoms with E-state index in [4.69, 9.17) is 5.26 Å². The quantitative estimate of drug-likeness (QED) is 0.375. The highest BCUT2D eigenvalue weighted by Crippen LogP contribution is 1.96. The zero-order chi connectivity index (χ0) is 10.1. The Balaban J connectivity index is 3.88. The molecule has 0 aliphatic heterocycles. The number of nitriles is 1. The van der Waals surface area contributed by atoms with Gasteiger partial charge >= 0.3 is 0 Å². The molecule has 0 rings (SSSR count). The summed E-state index contributed by atoms with van der Waals surface area (Å²) in [4.78, 5) is 0. The average molecular weight is 177 g/mol. The monoisotopic (exact) mass is 177 g/mol. The highest BCUT2D eigenvalue weighted by molar-refractivity contribution is 5.13. The second kappa shape index (κ2) is 7.17. The summed E-state index contributed by atoms with van der Waals surface area (Å²) in [6.07, 6.45) is 11.2. The third-order valence-electron chi connectivity index (χ3n) is 1.26. The summed E-state index contributed by atoms with van der Waals surface area (Å²) in [7, 11) is 0. The van der Waals surface area contributed by atoms with Gasteiger partial charge in [0, 0.05) is 0 Å². The second-order valence-corrected chi connectivity index (χ2v) is 2.98. The number of hydrogen-bond donors (Lipinski definition) is 0. The van der Waals surface area contributed by atoms with Crippen molar-refractivity contribution >= 4 is 0 Å². The molecule has 0 aromatic rings. The molecule has 0 unspecified atom stereocenters. The van der Waals surface area contributed by atoms with Gasteiger partial charge in [-0.3, -0.25) is 0 Å². The van der Waals surface area contributed by atoms with Crippen LogP contribution in [0.3, 0.4) is 0 Å². The Morgan fingerprint density at radius 2 is 2.00 bits per heavy atom. The maximum atomic E-state index is 8.16. The summed E-state index contributed by atoms with van der Waals surface area (Å²) in [5.41, 5.74) is 0. The van der Waals surface area contributed by atoms with Crippen molar-refractivity contribution in [2.75, 3.05) is 0 Å². The van der Waals surface area contributed by atoms with Crippen LogP contribution in [0.15, 0.2) is 36.1 Å². The molecule has 0 aromatic heterocycles. The van der Waals surface area contributed by atoms with Crippen LogP contribution in [-0.2, 0) is 4.74 Å². The van der Waals surface area contributed by atoms with Gasteiger partial charge in [0.2, 0.25) is 0 Å². The summed E-state index contributed by atoms with van der Waals surface area (Å²) in [6.45, 7) is 5.97. The number of nitrogens with zero attached hydrogens (tertiary/aromatic N) is 1. The zero-order valence-electron chi connectivity index (χ0n) is 8.32. The summed E-state index contributed by atoms with van der Waals surface area (Å²) < 4.78 is 4.56. The van der Waals surface area contributed by atoms with E-state index in [-0.39, 0.29) is 0 Å². The van der Waals surface area contributed by atoms with Crippen LogP contribution < -0.4 is 0 Å². The van der Waals surface area contributed by atoms with E-state index in [1.807, 2.05) is 18.2 Å². The molecule has 0 fully saturated rings. The minimum atomic E-state index is 0.560. The van der Waals surface area contributed by atoms with Crippen molar-refractivity contribution in [3.8, 4) is 6.26 Å². The lowest BCUT2D eigenvalue weighted by Crippen LogP contribution is -1.76. The highest BCUT2D eigenvalue weighted by atomic mass is 16.5. The Morgan fingerprint density at radius 1 is 1.31 bits per heavy atom. The van der Waals surface area contributed by atoms with Gasteiger partial charge < -0.3 is 4.74 Å². The fourth-order valence-corrected chi connectivity index (χ4v) is 0.648. The first kappa shape index (κ1) is 11.5. The van der Waals surface area contributed by atoms with Crippen LogP contribution in [0, 0.1) is 17.4 Å². The second-order valence-electron chi connectivity index (χ2n) is 2.98. The van der Waals surface area contributed by atoms with E-state index in [9.17, 15) is 0 Å². The Bertz CT molecular complexity index is 254. The lowest BCUT2D eigenvalue weighted by atomic mass is 10.2. The van der Waals surface area contributed by atoms with Crippen molar-refractivity contribution in [1.82, 2.24) is 0 Å². The molecule has 0 saturated heterocycles. The Labute approximate surface area is 79.8 Å². The number of allylic oxidation sites excluding steroid dienone is 6. The zero-order valence-corrected chi connectivity index (χ0v) is 8.32. The molecule has 0 aromatic carbocycles. The van der Waals surface area contributed by atoms with E-state index in [1.54, 1.807) is 19.3 Å². The number of rotatable bonds is 4. The molecule has 13 heavy (non-hydrogen) atoms. The molecule has 70 valence electrons. The predicted octanol–water partition coefficient (Wildman–Crippen LogP) is 3.16. The lowest BCUT2D eigenvalue weighted by molar-refractivity contribution is 0.377. The lowest BCUT2D eigenvalue weighted by Gasteiger charge is -1.90. The van der Waals surface area contributed by atoms with Gasteiger partial charge in [-0.1, -0.05) is 38.2 Å². The largest absolute Gasteiger partial charge is 0.393 e. The van der Waals surface area contributed by atoms with Gasteiger partial charge in [-0.25, -0.2) is 0 Å². The van der Waals surface area contributed by atoms with Crippen LogP contribution in [-0.4, -0.2) is 0 Å². The van der Waals surface area contributed by atoms with Gasteiger partial charge in [0.25, 0.3) is 6.26 Å². The standard InChI is InChI=1S/C11H15NO/c1-10(2)7-5-4-6-8-11(3)13-9-12/h4-8,10H,1-3H3/b6-4-,7-5+,11-8+. The third kappa shape index (κ3) is 8.42. The predicted molar refractivity (Wildman–Crippen MR) is 53.6 cm³/mol. The van der Waals surface area contributed by atoms with E-state index in [0.29, 0.717) is 11.7 Å². The Hall–Kier alpha value is -1.49. The van der Waals surface area contributed by atoms with Gasteiger partial charge in [-0.2, -0.15) is 0 Å². The SMILES string of the molecule is C\C(=C/C=C\C=C\C(C)C)OC#N. The molecule has 0 saturated carbocycles. The van der Waals surface area contributed by atoms with Crippen LogP contribution in [0.4, 0.5) is 0 Å². The molecule has 0 aliphatic rings. The molecule has 0 N–H and O–H groups in total. The van der Waals surface area contributed by atoms with Gasteiger partial charge in [-0.15, -0.1) is 5.26 Å². The van der Waals surface area contributed by atoms with Crippen molar-refractivity contribution < 1.29 is 4.74 Å². The Kier molecular flexibility index (Phi) is 6.35. The highest BCUT2D eigenvalue weighted by Gasteiger charge is 1.82. The van der Waals surface area contributed by atoms with Gasteiger partial charge in [0.05, 0.1) is 0 Å². The molecule has 0 spiro atoms. The molecule has 0 aliphatic carbocycles. The maximum absolute atomic E-state index is 8.16. The van der Waals surface area contributed by atoms with Crippen molar-refractivity contribution in [3.05, 3.63) is 36.1 Å². The molecule has 0 amide bonds. The van der Waals surface area contributed by atoms with E-state index in [0.717, 1.165) is 0 Å². The molecule has 0 radical (unpaired) electrons. The van der Waals surface area contributed by atoms with E-state index in [1.165, 1.54) is 0 Å². The first-order chi connectivity index (χ1) is 6.16. The molecular weight excluding hydrogens is 162 g/mol. The minimum absolute atomic E-state index is 0.560. The summed E-state index contributed by atoms with van der Waals surface area (Å²) in [5, 5.41) is 8.16. The average Bonchev–Trinajstić information content (AvgIpc) is 2.03. The van der Waals surface area contributed by atoms with E-state index >= 15 is 0 Å². The number of hydrogen-bond acceptors (Lipinski definition) is 2. The molecular formula is C11H15NO. The van der Waals surface area contributed by atoms with Crippen LogP contribution in [0.1, 0.15) is 20.8 Å². The van der Waals surface area contributed by atoms with E-state index in [2.05, 4.69) is 24.7 Å². The topological polar surface area (TPSA) is 33.0 Å². The molecule has 0 heterocycles. The normalized spacial score (nSPS) is 12.7. The molecule has 2 heteroatoms. The maximum Gasteiger partial charge on any atom is 0.291 e. The third-order valence-corrected chi connectivity index (χ3v) is 1.26. The van der Waals surface area contributed by atoms with Crippen LogP contribution in [0.2, 0.25) is 0 Å². The van der Waals surface area contributed by atoms with Crippen molar-refractivity contribution in [1.29, 1.82) is 5.26 Å². The summed E-state index contributed by atoms with van der Waals surface area (Å²) >= 11 is 0. The molecule has 0 atom stereocenters. The molecule has 2 nitrogen and oxygen atoms in total.